The van der Waals surface area contributed by atoms with Crippen LogP contribution in [0, 0.1) is 5.41 Å². The maximum absolute atomic E-state index is 13.1. The normalized spacial score (nSPS) is 18.8. The van der Waals surface area contributed by atoms with Gasteiger partial charge in [0.25, 0.3) is 0 Å². The maximum Gasteiger partial charge on any atom is 0.181 e. The zero-order valence-electron chi connectivity index (χ0n) is 14.4. The van der Waals surface area contributed by atoms with Gasteiger partial charge < -0.3 is 5.11 Å². The van der Waals surface area contributed by atoms with Crippen LogP contribution in [0.5, 0.6) is 5.75 Å². The molecule has 3 nitrogen and oxygen atoms in total. The standard InChI is InChI=1S/C23H18O3/c1-23(14-15-8-4-2-5-9-15)21(25)18-12-17(16-10-6-3-7-11-16)13-19(24)20(18)22(23)26/h2-13,24H,14H2,1H3/t23-/m0/s1. The van der Waals surface area contributed by atoms with Crippen molar-refractivity contribution in [1.82, 2.24) is 0 Å². The van der Waals surface area contributed by atoms with Crippen molar-refractivity contribution in [2.75, 3.05) is 0 Å². The molecule has 3 aromatic carbocycles. The number of ketones is 2. The average molecular weight is 342 g/mol. The molecule has 0 saturated heterocycles. The Bertz CT molecular complexity index is 1010. The van der Waals surface area contributed by atoms with E-state index < -0.39 is 5.41 Å². The van der Waals surface area contributed by atoms with E-state index in [2.05, 4.69) is 0 Å². The summed E-state index contributed by atoms with van der Waals surface area (Å²) in [5, 5.41) is 10.5. The summed E-state index contributed by atoms with van der Waals surface area (Å²) < 4.78 is 0. The van der Waals surface area contributed by atoms with Gasteiger partial charge in [0.1, 0.15) is 5.75 Å². The highest BCUT2D eigenvalue weighted by atomic mass is 16.3. The zero-order chi connectivity index (χ0) is 18.3. The van der Waals surface area contributed by atoms with E-state index in [1.165, 1.54) is 0 Å². The van der Waals surface area contributed by atoms with Crippen LogP contribution in [0.4, 0.5) is 0 Å². The van der Waals surface area contributed by atoms with Gasteiger partial charge in [0.15, 0.2) is 11.6 Å². The maximum atomic E-state index is 13.1. The Balaban J connectivity index is 1.80. The molecule has 1 N–H and O–H groups in total. The molecule has 0 bridgehead atoms. The predicted molar refractivity (Wildman–Crippen MR) is 100 cm³/mol. The van der Waals surface area contributed by atoms with Crippen molar-refractivity contribution in [1.29, 1.82) is 0 Å². The Labute approximate surface area is 151 Å². The Hall–Kier alpha value is -3.20. The van der Waals surface area contributed by atoms with Gasteiger partial charge in [0.2, 0.25) is 0 Å². The molecule has 0 heterocycles. The van der Waals surface area contributed by atoms with Crippen molar-refractivity contribution in [3.05, 3.63) is 89.5 Å². The van der Waals surface area contributed by atoms with Gasteiger partial charge in [-0.3, -0.25) is 9.59 Å². The fourth-order valence-electron chi connectivity index (χ4n) is 3.68. The lowest BCUT2D eigenvalue weighted by Gasteiger charge is -2.20. The number of fused-ring (bicyclic) bond motifs is 1. The third-order valence-electron chi connectivity index (χ3n) is 5.10. The fourth-order valence-corrected chi connectivity index (χ4v) is 3.68. The Morgan fingerprint density at radius 3 is 2.08 bits per heavy atom. The van der Waals surface area contributed by atoms with Crippen LogP contribution in [0.1, 0.15) is 33.2 Å². The summed E-state index contributed by atoms with van der Waals surface area (Å²) in [6.07, 6.45) is 0.320. The van der Waals surface area contributed by atoms with Crippen molar-refractivity contribution in [3.8, 4) is 16.9 Å². The van der Waals surface area contributed by atoms with Gasteiger partial charge in [-0.05, 0) is 42.2 Å². The number of Topliss-reactive ketones (excluding diaryl/α,β-unsaturated/α-hetero) is 2. The van der Waals surface area contributed by atoms with Crippen molar-refractivity contribution >= 4 is 11.6 Å². The number of phenols is 1. The average Bonchev–Trinajstić information content (AvgIpc) is 2.85. The second-order valence-electron chi connectivity index (χ2n) is 6.94. The van der Waals surface area contributed by atoms with Gasteiger partial charge in [-0.1, -0.05) is 60.7 Å². The van der Waals surface area contributed by atoms with Crippen molar-refractivity contribution < 1.29 is 14.7 Å². The highest BCUT2D eigenvalue weighted by molar-refractivity contribution is 6.30. The summed E-state index contributed by atoms with van der Waals surface area (Å²) in [7, 11) is 0. The fraction of sp³-hybridized carbons (Fsp3) is 0.130. The molecule has 0 radical (unpaired) electrons. The molecule has 0 aliphatic heterocycles. The molecule has 26 heavy (non-hydrogen) atoms. The summed E-state index contributed by atoms with van der Waals surface area (Å²) in [6.45, 7) is 1.67. The van der Waals surface area contributed by atoms with E-state index in [1.807, 2.05) is 60.7 Å². The molecule has 3 aromatic rings. The quantitative estimate of drug-likeness (QED) is 0.703. The van der Waals surface area contributed by atoms with Crippen LogP contribution in [0.3, 0.4) is 0 Å². The molecule has 0 spiro atoms. The van der Waals surface area contributed by atoms with E-state index in [0.29, 0.717) is 12.0 Å². The number of aromatic hydroxyl groups is 1. The minimum Gasteiger partial charge on any atom is -0.507 e. The van der Waals surface area contributed by atoms with E-state index in [-0.39, 0.29) is 22.9 Å². The summed E-state index contributed by atoms with van der Waals surface area (Å²) in [6, 6.07) is 22.3. The van der Waals surface area contributed by atoms with Gasteiger partial charge in [-0.25, -0.2) is 0 Å². The highest BCUT2D eigenvalue weighted by Gasteiger charge is 2.50. The number of carbonyl (C=O) groups excluding carboxylic acids is 2. The Kier molecular flexibility index (Phi) is 3.73. The van der Waals surface area contributed by atoms with E-state index in [0.717, 1.165) is 16.7 Å². The molecule has 0 unspecified atom stereocenters. The first-order valence-corrected chi connectivity index (χ1v) is 8.57. The SMILES string of the molecule is C[C@]1(Cc2ccccc2)C(=O)c2cc(-c3ccccc3)cc(O)c2C1=O. The minimum absolute atomic E-state index is 0.128. The second-order valence-corrected chi connectivity index (χ2v) is 6.94. The molecule has 1 atom stereocenters. The van der Waals surface area contributed by atoms with E-state index in [1.54, 1.807) is 19.1 Å². The van der Waals surface area contributed by atoms with E-state index in [4.69, 9.17) is 0 Å². The molecule has 0 saturated carbocycles. The number of hydrogen-bond donors (Lipinski definition) is 1. The van der Waals surface area contributed by atoms with E-state index in [9.17, 15) is 14.7 Å². The lowest BCUT2D eigenvalue weighted by molar-refractivity contribution is 0.0721. The number of rotatable bonds is 3. The smallest absolute Gasteiger partial charge is 0.181 e. The molecule has 4 rings (SSSR count). The Morgan fingerprint density at radius 1 is 0.808 bits per heavy atom. The van der Waals surface area contributed by atoms with Crippen LogP contribution in [0.25, 0.3) is 11.1 Å². The van der Waals surface area contributed by atoms with Gasteiger partial charge in [0.05, 0.1) is 11.0 Å². The van der Waals surface area contributed by atoms with Crippen molar-refractivity contribution in [2.24, 2.45) is 5.41 Å². The van der Waals surface area contributed by atoms with Crippen molar-refractivity contribution in [3.63, 3.8) is 0 Å². The first-order chi connectivity index (χ1) is 12.5. The van der Waals surface area contributed by atoms with Crippen molar-refractivity contribution in [2.45, 2.75) is 13.3 Å². The highest BCUT2D eigenvalue weighted by Crippen LogP contribution is 2.44. The third kappa shape index (κ3) is 2.44. The molecule has 1 aliphatic carbocycles. The Morgan fingerprint density at radius 2 is 1.42 bits per heavy atom. The third-order valence-corrected chi connectivity index (χ3v) is 5.10. The summed E-state index contributed by atoms with van der Waals surface area (Å²) in [5.74, 6) is -0.663. The molecule has 128 valence electrons. The summed E-state index contributed by atoms with van der Waals surface area (Å²) in [5.41, 5.74) is 1.82. The summed E-state index contributed by atoms with van der Waals surface area (Å²) in [4.78, 5) is 26.2. The van der Waals surface area contributed by atoms with Crippen LogP contribution < -0.4 is 0 Å². The van der Waals surface area contributed by atoms with Gasteiger partial charge in [-0.2, -0.15) is 0 Å². The molecule has 0 amide bonds. The molecule has 1 aliphatic rings. The van der Waals surface area contributed by atoms with E-state index >= 15 is 0 Å². The lowest BCUT2D eigenvalue weighted by atomic mass is 9.79. The number of carbonyl (C=O) groups is 2. The van der Waals surface area contributed by atoms with Crippen LogP contribution >= 0.6 is 0 Å². The van der Waals surface area contributed by atoms with Crippen LogP contribution in [-0.2, 0) is 6.42 Å². The van der Waals surface area contributed by atoms with Gasteiger partial charge >= 0.3 is 0 Å². The predicted octanol–water partition coefficient (Wildman–Crippen LogP) is 4.69. The monoisotopic (exact) mass is 342 g/mol. The molecule has 0 aromatic heterocycles. The van der Waals surface area contributed by atoms with Crippen LogP contribution in [0.15, 0.2) is 72.8 Å². The number of benzene rings is 3. The molecular weight excluding hydrogens is 324 g/mol. The van der Waals surface area contributed by atoms with Gasteiger partial charge in [0, 0.05) is 5.56 Å². The topological polar surface area (TPSA) is 54.4 Å². The molecule has 0 fully saturated rings. The van der Waals surface area contributed by atoms with Crippen LogP contribution in [-0.4, -0.2) is 16.7 Å². The first kappa shape index (κ1) is 16.3. The lowest BCUT2D eigenvalue weighted by Crippen LogP contribution is -2.32. The first-order valence-electron chi connectivity index (χ1n) is 8.57. The second kappa shape index (κ2) is 5.95. The van der Waals surface area contributed by atoms with Crippen LogP contribution in [0.2, 0.25) is 0 Å². The largest absolute Gasteiger partial charge is 0.507 e. The van der Waals surface area contributed by atoms with Gasteiger partial charge in [-0.15, -0.1) is 0 Å². The minimum atomic E-state index is -1.18. The zero-order valence-corrected chi connectivity index (χ0v) is 14.4. The number of hydrogen-bond acceptors (Lipinski definition) is 3. The summed E-state index contributed by atoms with van der Waals surface area (Å²) >= 11 is 0. The number of phenolic OH excluding ortho intramolecular Hbond substituents is 1. The molecule has 3 heteroatoms. The molecular formula is C23H18O3.